The lowest BCUT2D eigenvalue weighted by atomic mass is 10.2. The van der Waals surface area contributed by atoms with Gasteiger partial charge in [-0.2, -0.15) is 5.26 Å². The summed E-state index contributed by atoms with van der Waals surface area (Å²) in [7, 11) is 0. The van der Waals surface area contributed by atoms with E-state index in [0.29, 0.717) is 0 Å². The molecule has 1 atom stereocenters. The number of carbonyl (C=O) groups excluding carboxylic acids is 1. The van der Waals surface area contributed by atoms with Gasteiger partial charge in [0.2, 0.25) is 11.9 Å². The van der Waals surface area contributed by atoms with E-state index in [2.05, 4.69) is 5.32 Å². The fourth-order valence-electron chi connectivity index (χ4n) is 0.458. The minimum atomic E-state index is -1.44. The molecule has 0 aliphatic carbocycles. The highest BCUT2D eigenvalue weighted by Gasteiger charge is 2.19. The second-order valence-corrected chi connectivity index (χ2v) is 2.56. The van der Waals surface area contributed by atoms with Crippen LogP contribution in [0.15, 0.2) is 0 Å². The quantitative estimate of drug-likeness (QED) is 0.610. The van der Waals surface area contributed by atoms with Crippen LogP contribution in [0.2, 0.25) is 0 Å². The van der Waals surface area contributed by atoms with Gasteiger partial charge in [-0.3, -0.25) is 4.79 Å². The molecule has 0 saturated carbocycles. The smallest absolute Gasteiger partial charge is 0.341 e. The fourth-order valence-corrected chi connectivity index (χ4v) is 0.458. The molecule has 0 fully saturated rings. The molecule has 0 aromatic rings. The number of carboxylic acid groups (broad SMARTS) is 1. The van der Waals surface area contributed by atoms with Crippen molar-refractivity contribution in [3.05, 3.63) is 0 Å². The third kappa shape index (κ3) is 3.01. The second kappa shape index (κ2) is 4.34. The van der Waals surface area contributed by atoms with E-state index in [0.717, 1.165) is 0 Å². The van der Waals surface area contributed by atoms with E-state index in [-0.39, 0.29) is 5.92 Å². The minimum absolute atomic E-state index is 0.319. The van der Waals surface area contributed by atoms with Gasteiger partial charge < -0.3 is 10.4 Å². The SMILES string of the molecule is CC(C)C(=O)N[C@@H](C#N)C(=O)O. The van der Waals surface area contributed by atoms with Crippen LogP contribution >= 0.6 is 0 Å². The van der Waals surface area contributed by atoms with E-state index in [1.54, 1.807) is 13.8 Å². The van der Waals surface area contributed by atoms with Crippen LogP contribution in [0.5, 0.6) is 0 Å². The molecule has 0 aliphatic heterocycles. The normalized spacial score (nSPS) is 11.8. The molecule has 5 nitrogen and oxygen atoms in total. The van der Waals surface area contributed by atoms with Gasteiger partial charge in [0.1, 0.15) is 0 Å². The molecule has 2 N–H and O–H groups in total. The molecule has 0 aromatic carbocycles. The van der Waals surface area contributed by atoms with Crippen molar-refractivity contribution in [2.24, 2.45) is 5.92 Å². The summed E-state index contributed by atoms with van der Waals surface area (Å²) in [6, 6.07) is 0.0112. The molecule has 0 aromatic heterocycles. The van der Waals surface area contributed by atoms with Crippen molar-refractivity contribution in [1.29, 1.82) is 5.26 Å². The number of nitriles is 1. The average Bonchev–Trinajstić information content (AvgIpc) is 1.98. The summed E-state index contributed by atoms with van der Waals surface area (Å²) in [5.41, 5.74) is 0. The second-order valence-electron chi connectivity index (χ2n) is 2.56. The molecule has 0 aliphatic rings. The van der Waals surface area contributed by atoms with Gasteiger partial charge in [-0.25, -0.2) is 4.79 Å². The lowest BCUT2D eigenvalue weighted by Gasteiger charge is -2.08. The van der Waals surface area contributed by atoms with E-state index in [1.807, 2.05) is 0 Å². The van der Waals surface area contributed by atoms with Crippen LogP contribution in [0.4, 0.5) is 0 Å². The van der Waals surface area contributed by atoms with Gasteiger partial charge in [0, 0.05) is 5.92 Å². The van der Waals surface area contributed by atoms with E-state index in [9.17, 15) is 9.59 Å². The zero-order valence-electron chi connectivity index (χ0n) is 6.87. The van der Waals surface area contributed by atoms with Gasteiger partial charge in [-0.15, -0.1) is 0 Å². The van der Waals surface area contributed by atoms with Gasteiger partial charge in [0.15, 0.2) is 0 Å². The summed E-state index contributed by atoms with van der Waals surface area (Å²) in [4.78, 5) is 21.1. The van der Waals surface area contributed by atoms with Crippen molar-refractivity contribution >= 4 is 11.9 Å². The number of carbonyl (C=O) groups is 2. The molecule has 0 saturated heterocycles. The molecule has 1 amide bonds. The zero-order chi connectivity index (χ0) is 9.72. The number of hydrogen-bond acceptors (Lipinski definition) is 3. The van der Waals surface area contributed by atoms with Crippen LogP contribution < -0.4 is 5.32 Å². The summed E-state index contributed by atoms with van der Waals surface area (Å²) in [6.45, 7) is 3.23. The predicted molar refractivity (Wildman–Crippen MR) is 40.0 cm³/mol. The molecular weight excluding hydrogens is 160 g/mol. The number of rotatable bonds is 3. The minimum Gasteiger partial charge on any atom is -0.479 e. The highest BCUT2D eigenvalue weighted by molar-refractivity contribution is 5.86. The number of hydrogen-bond donors (Lipinski definition) is 2. The summed E-state index contributed by atoms with van der Waals surface area (Å²) >= 11 is 0. The fraction of sp³-hybridized carbons (Fsp3) is 0.571. The van der Waals surface area contributed by atoms with Crippen LogP contribution in [0, 0.1) is 17.2 Å². The number of nitrogens with one attached hydrogen (secondary N) is 1. The van der Waals surface area contributed by atoms with Crippen molar-refractivity contribution in [2.45, 2.75) is 19.9 Å². The lowest BCUT2D eigenvalue weighted by molar-refractivity contribution is -0.140. The molecular formula is C7H10N2O3. The summed E-state index contributed by atoms with van der Waals surface area (Å²) in [5, 5.41) is 18.7. The number of carboxylic acids is 1. The Morgan fingerprint density at radius 3 is 2.25 bits per heavy atom. The predicted octanol–water partition coefficient (Wildman–Crippen LogP) is -0.265. The Hall–Kier alpha value is -1.57. The van der Waals surface area contributed by atoms with Gasteiger partial charge in [-0.1, -0.05) is 13.8 Å². The monoisotopic (exact) mass is 170 g/mol. The van der Waals surface area contributed by atoms with Crippen molar-refractivity contribution in [3.63, 3.8) is 0 Å². The van der Waals surface area contributed by atoms with Crippen molar-refractivity contribution in [2.75, 3.05) is 0 Å². The maximum atomic E-state index is 10.9. The van der Waals surface area contributed by atoms with E-state index in [1.165, 1.54) is 6.07 Å². The Labute approximate surface area is 70.0 Å². The highest BCUT2D eigenvalue weighted by Crippen LogP contribution is 1.92. The van der Waals surface area contributed by atoms with Crippen molar-refractivity contribution < 1.29 is 14.7 Å². The zero-order valence-corrected chi connectivity index (χ0v) is 6.87. The van der Waals surface area contributed by atoms with Gasteiger partial charge in [0.25, 0.3) is 0 Å². The first-order chi connectivity index (χ1) is 5.49. The summed E-state index contributed by atoms with van der Waals surface area (Å²) in [5.74, 6) is -2.10. The van der Waals surface area contributed by atoms with Crippen LogP contribution in [0.3, 0.4) is 0 Å². The standard InChI is InChI=1S/C7H10N2O3/c1-4(2)6(10)9-5(3-8)7(11)12/h4-5H,1-2H3,(H,9,10)(H,11,12)/t5-/m0/s1. The van der Waals surface area contributed by atoms with Crippen LogP contribution in [0.25, 0.3) is 0 Å². The number of aliphatic carboxylic acids is 1. The first-order valence-corrected chi connectivity index (χ1v) is 3.41. The molecule has 0 spiro atoms. The molecule has 12 heavy (non-hydrogen) atoms. The van der Waals surface area contributed by atoms with E-state index < -0.39 is 17.9 Å². The van der Waals surface area contributed by atoms with E-state index >= 15 is 0 Å². The Bertz CT molecular complexity index is 229. The largest absolute Gasteiger partial charge is 0.479 e. The number of amides is 1. The Kier molecular flexibility index (Phi) is 3.77. The van der Waals surface area contributed by atoms with E-state index in [4.69, 9.17) is 10.4 Å². The molecule has 66 valence electrons. The van der Waals surface area contributed by atoms with Gasteiger partial charge >= 0.3 is 5.97 Å². The molecule has 0 rings (SSSR count). The summed E-state index contributed by atoms with van der Waals surface area (Å²) in [6.07, 6.45) is 0. The lowest BCUT2D eigenvalue weighted by Crippen LogP contribution is -2.41. The third-order valence-corrected chi connectivity index (χ3v) is 1.19. The molecule has 0 heterocycles. The van der Waals surface area contributed by atoms with Crippen LogP contribution in [0.1, 0.15) is 13.8 Å². The number of nitrogens with zero attached hydrogens (tertiary/aromatic N) is 1. The molecule has 5 heteroatoms. The Morgan fingerprint density at radius 1 is 1.50 bits per heavy atom. The third-order valence-electron chi connectivity index (χ3n) is 1.19. The average molecular weight is 170 g/mol. The van der Waals surface area contributed by atoms with Gasteiger partial charge in [0.05, 0.1) is 6.07 Å². The summed E-state index contributed by atoms with van der Waals surface area (Å²) < 4.78 is 0. The first-order valence-electron chi connectivity index (χ1n) is 3.41. The Balaban J connectivity index is 4.15. The Morgan fingerprint density at radius 2 is 2.00 bits per heavy atom. The van der Waals surface area contributed by atoms with Crippen molar-refractivity contribution in [1.82, 2.24) is 5.32 Å². The van der Waals surface area contributed by atoms with Crippen molar-refractivity contribution in [3.8, 4) is 6.07 Å². The molecule has 0 unspecified atom stereocenters. The van der Waals surface area contributed by atoms with Crippen LogP contribution in [-0.4, -0.2) is 23.0 Å². The van der Waals surface area contributed by atoms with Gasteiger partial charge in [-0.05, 0) is 0 Å². The maximum absolute atomic E-state index is 10.9. The first kappa shape index (κ1) is 10.4. The molecule has 0 bridgehead atoms. The molecule has 0 radical (unpaired) electrons. The van der Waals surface area contributed by atoms with Crippen LogP contribution in [-0.2, 0) is 9.59 Å². The topological polar surface area (TPSA) is 90.2 Å². The highest BCUT2D eigenvalue weighted by atomic mass is 16.4. The maximum Gasteiger partial charge on any atom is 0.341 e.